The van der Waals surface area contributed by atoms with Gasteiger partial charge in [0.2, 0.25) is 0 Å². The van der Waals surface area contributed by atoms with E-state index in [0.29, 0.717) is 46.8 Å². The van der Waals surface area contributed by atoms with Crippen molar-refractivity contribution in [3.63, 3.8) is 0 Å². The number of nitrogens with zero attached hydrogens (tertiary/aromatic N) is 1. The van der Waals surface area contributed by atoms with Crippen LogP contribution in [0.25, 0.3) is 5.69 Å². The number of amides is 1. The standard InChI is InChI=1S/C26H26N2O5/c1-26(2)13-18-19(21(29)14-26)15-28(16-8-6-5-7-9-16)25(31)23(18)24(30)27-20-12-17(32-3)10-11-22(20)33-4/h5-12,15H,13-14H2,1-4H3,(H,27,30). The number of aromatic nitrogens is 1. The van der Waals surface area contributed by atoms with Gasteiger partial charge >= 0.3 is 0 Å². The van der Waals surface area contributed by atoms with E-state index in [0.717, 1.165) is 0 Å². The van der Waals surface area contributed by atoms with E-state index in [1.165, 1.54) is 18.8 Å². The highest BCUT2D eigenvalue weighted by molar-refractivity contribution is 6.09. The first-order valence-electron chi connectivity index (χ1n) is 10.6. The van der Waals surface area contributed by atoms with Crippen molar-refractivity contribution in [3.8, 4) is 17.2 Å². The largest absolute Gasteiger partial charge is 0.497 e. The molecule has 170 valence electrons. The van der Waals surface area contributed by atoms with Gasteiger partial charge in [0.05, 0.1) is 19.9 Å². The monoisotopic (exact) mass is 446 g/mol. The number of benzene rings is 2. The molecule has 7 heteroatoms. The summed E-state index contributed by atoms with van der Waals surface area (Å²) in [4.78, 5) is 40.2. The molecule has 1 heterocycles. The molecule has 0 aliphatic heterocycles. The molecule has 4 rings (SSSR count). The molecule has 1 aliphatic rings. The Morgan fingerprint density at radius 3 is 2.39 bits per heavy atom. The van der Waals surface area contributed by atoms with Gasteiger partial charge in [-0.05, 0) is 41.7 Å². The first kappa shape index (κ1) is 22.3. The minimum atomic E-state index is -0.599. The number of ether oxygens (including phenoxy) is 2. The third-order valence-electron chi connectivity index (χ3n) is 5.83. The van der Waals surface area contributed by atoms with Gasteiger partial charge in [-0.3, -0.25) is 19.0 Å². The molecule has 0 radical (unpaired) electrons. The first-order chi connectivity index (χ1) is 15.7. The van der Waals surface area contributed by atoms with Gasteiger partial charge in [0.15, 0.2) is 5.78 Å². The number of nitrogens with one attached hydrogen (secondary N) is 1. The van der Waals surface area contributed by atoms with E-state index in [4.69, 9.17) is 9.47 Å². The molecular weight excluding hydrogens is 420 g/mol. The van der Waals surface area contributed by atoms with E-state index < -0.39 is 11.5 Å². The second kappa shape index (κ2) is 8.58. The summed E-state index contributed by atoms with van der Waals surface area (Å²) in [6.45, 7) is 3.92. The summed E-state index contributed by atoms with van der Waals surface area (Å²) in [6.07, 6.45) is 2.35. The second-order valence-electron chi connectivity index (χ2n) is 8.87. The van der Waals surface area contributed by atoms with E-state index in [-0.39, 0.29) is 16.8 Å². The highest BCUT2D eigenvalue weighted by Gasteiger charge is 2.36. The van der Waals surface area contributed by atoms with Gasteiger partial charge < -0.3 is 14.8 Å². The van der Waals surface area contributed by atoms with Crippen LogP contribution in [0.4, 0.5) is 5.69 Å². The minimum absolute atomic E-state index is 0.0395. The number of Topliss-reactive ketones (excluding diaryl/α,β-unsaturated/α-hetero) is 1. The Hall–Kier alpha value is -3.87. The predicted octanol–water partition coefficient (Wildman–Crippen LogP) is 4.26. The van der Waals surface area contributed by atoms with Crippen LogP contribution in [0.5, 0.6) is 11.5 Å². The number of para-hydroxylation sites is 1. The maximum absolute atomic E-state index is 13.6. The van der Waals surface area contributed by atoms with Crippen LogP contribution in [0, 0.1) is 5.41 Å². The van der Waals surface area contributed by atoms with Crippen molar-refractivity contribution in [1.29, 1.82) is 0 Å². The number of ketones is 1. The van der Waals surface area contributed by atoms with Crippen molar-refractivity contribution < 1.29 is 19.1 Å². The average Bonchev–Trinajstić information content (AvgIpc) is 2.78. The van der Waals surface area contributed by atoms with Gasteiger partial charge in [0.25, 0.3) is 11.5 Å². The Morgan fingerprint density at radius 2 is 1.73 bits per heavy atom. The summed E-state index contributed by atoms with van der Waals surface area (Å²) in [5, 5.41) is 2.80. The van der Waals surface area contributed by atoms with Gasteiger partial charge in [-0.2, -0.15) is 0 Å². The lowest BCUT2D eigenvalue weighted by Crippen LogP contribution is -2.37. The van der Waals surface area contributed by atoms with Crippen LogP contribution in [-0.2, 0) is 6.42 Å². The molecule has 2 aromatic carbocycles. The zero-order chi connectivity index (χ0) is 23.8. The fourth-order valence-electron chi connectivity index (χ4n) is 4.26. The average molecular weight is 447 g/mol. The number of hydrogen-bond donors (Lipinski definition) is 1. The molecule has 0 spiro atoms. The van der Waals surface area contributed by atoms with E-state index >= 15 is 0 Å². The Labute approximate surface area is 192 Å². The molecule has 0 bridgehead atoms. The number of hydrogen-bond acceptors (Lipinski definition) is 5. The predicted molar refractivity (Wildman–Crippen MR) is 126 cm³/mol. The van der Waals surface area contributed by atoms with Crippen LogP contribution < -0.4 is 20.3 Å². The van der Waals surface area contributed by atoms with Crippen molar-refractivity contribution in [2.24, 2.45) is 5.41 Å². The lowest BCUT2D eigenvalue weighted by Gasteiger charge is -2.31. The van der Waals surface area contributed by atoms with Crippen LogP contribution in [0.3, 0.4) is 0 Å². The zero-order valence-corrected chi connectivity index (χ0v) is 19.1. The van der Waals surface area contributed by atoms with Crippen LogP contribution in [0.1, 0.15) is 46.5 Å². The van der Waals surface area contributed by atoms with Crippen LogP contribution in [-0.4, -0.2) is 30.5 Å². The topological polar surface area (TPSA) is 86.6 Å². The minimum Gasteiger partial charge on any atom is -0.497 e. The van der Waals surface area contributed by atoms with Gasteiger partial charge in [-0.25, -0.2) is 0 Å². The third-order valence-corrected chi connectivity index (χ3v) is 5.83. The molecule has 0 unspecified atom stereocenters. The van der Waals surface area contributed by atoms with Gasteiger partial charge in [-0.15, -0.1) is 0 Å². The number of carbonyl (C=O) groups is 2. The highest BCUT2D eigenvalue weighted by atomic mass is 16.5. The lowest BCUT2D eigenvalue weighted by atomic mass is 9.73. The third kappa shape index (κ3) is 4.26. The van der Waals surface area contributed by atoms with E-state index in [1.54, 1.807) is 48.7 Å². The van der Waals surface area contributed by atoms with Crippen molar-refractivity contribution in [2.45, 2.75) is 26.7 Å². The van der Waals surface area contributed by atoms with Gasteiger partial charge in [0, 0.05) is 29.9 Å². The van der Waals surface area contributed by atoms with Crippen molar-refractivity contribution >= 4 is 17.4 Å². The smallest absolute Gasteiger partial charge is 0.268 e. The van der Waals surface area contributed by atoms with E-state index in [2.05, 4.69) is 5.32 Å². The molecule has 0 saturated heterocycles. The maximum Gasteiger partial charge on any atom is 0.268 e. The number of methoxy groups -OCH3 is 2. The summed E-state index contributed by atoms with van der Waals surface area (Å²) in [5.41, 5.74) is 0.945. The molecule has 0 fully saturated rings. The molecule has 1 amide bonds. The molecule has 0 atom stereocenters. The Kier molecular flexibility index (Phi) is 5.80. The molecular formula is C26H26N2O5. The molecule has 1 N–H and O–H groups in total. The maximum atomic E-state index is 13.6. The quantitative estimate of drug-likeness (QED) is 0.633. The molecule has 1 aliphatic carbocycles. The molecule has 33 heavy (non-hydrogen) atoms. The van der Waals surface area contributed by atoms with Crippen LogP contribution in [0.2, 0.25) is 0 Å². The second-order valence-corrected chi connectivity index (χ2v) is 8.87. The van der Waals surface area contributed by atoms with Crippen molar-refractivity contribution in [3.05, 3.63) is 81.8 Å². The first-order valence-corrected chi connectivity index (χ1v) is 10.6. The van der Waals surface area contributed by atoms with Gasteiger partial charge in [-0.1, -0.05) is 32.0 Å². The van der Waals surface area contributed by atoms with Crippen LogP contribution in [0.15, 0.2) is 59.5 Å². The SMILES string of the molecule is COc1ccc(OC)c(NC(=O)c2c3c(cn(-c4ccccc4)c2=O)C(=O)CC(C)(C)C3)c1. The molecule has 0 saturated carbocycles. The van der Waals surface area contributed by atoms with E-state index in [9.17, 15) is 14.4 Å². The summed E-state index contributed by atoms with van der Waals surface area (Å²) in [6, 6.07) is 14.0. The Bertz CT molecular complexity index is 1290. The summed E-state index contributed by atoms with van der Waals surface area (Å²) in [7, 11) is 3.01. The van der Waals surface area contributed by atoms with Crippen molar-refractivity contribution in [1.82, 2.24) is 4.57 Å². The van der Waals surface area contributed by atoms with E-state index in [1.807, 2.05) is 19.9 Å². The fourth-order valence-corrected chi connectivity index (χ4v) is 4.26. The Morgan fingerprint density at radius 1 is 1.00 bits per heavy atom. The van der Waals surface area contributed by atoms with Gasteiger partial charge in [0.1, 0.15) is 17.1 Å². The number of carbonyl (C=O) groups excluding carboxylic acids is 2. The summed E-state index contributed by atoms with van der Waals surface area (Å²) >= 11 is 0. The Balaban J connectivity index is 1.90. The lowest BCUT2D eigenvalue weighted by molar-refractivity contribution is 0.0910. The zero-order valence-electron chi connectivity index (χ0n) is 19.1. The fraction of sp³-hybridized carbons (Fsp3) is 0.269. The van der Waals surface area contributed by atoms with Crippen molar-refractivity contribution in [2.75, 3.05) is 19.5 Å². The highest BCUT2D eigenvalue weighted by Crippen LogP contribution is 2.36. The number of anilines is 1. The normalized spacial score (nSPS) is 14.4. The summed E-state index contributed by atoms with van der Waals surface area (Å²) < 4.78 is 12.0. The number of rotatable bonds is 5. The molecule has 7 nitrogen and oxygen atoms in total. The number of pyridine rings is 1. The number of fused-ring (bicyclic) bond motifs is 1. The van der Waals surface area contributed by atoms with Crippen LogP contribution >= 0.6 is 0 Å². The molecule has 1 aromatic heterocycles. The molecule has 3 aromatic rings. The summed E-state index contributed by atoms with van der Waals surface area (Å²) in [5.74, 6) is 0.269.